The van der Waals surface area contributed by atoms with Crippen LogP contribution in [0.1, 0.15) is 36.5 Å². The largest absolute Gasteiger partial charge is 0.494 e. The first-order chi connectivity index (χ1) is 16.0. The van der Waals surface area contributed by atoms with E-state index in [9.17, 15) is 5.26 Å². The SMILES string of the molecule is COc1cccc2c(C)cc(-n3ncc(C#N)c3Nc3nc4cc(C(C)C)ccc4o3)nc12. The first-order valence-electron chi connectivity index (χ1n) is 10.6. The van der Waals surface area contributed by atoms with E-state index in [0.717, 1.165) is 22.0 Å². The standard InChI is InChI=1S/C25H22N6O2/c1-14(2)16-8-9-20-19(11-16)28-25(33-20)30-24-17(12-26)13-27-31(24)22-10-15(3)18-6-5-7-21(32-4)23(18)29-22/h5-11,13-14H,1-4H3,(H,28,30). The molecule has 0 aliphatic rings. The van der Waals surface area contributed by atoms with Crippen molar-refractivity contribution in [3.8, 4) is 17.6 Å². The number of nitrogens with one attached hydrogen (secondary N) is 1. The van der Waals surface area contributed by atoms with E-state index in [2.05, 4.69) is 35.3 Å². The number of oxazole rings is 1. The molecule has 3 heterocycles. The smallest absolute Gasteiger partial charge is 0.301 e. The Morgan fingerprint density at radius 3 is 2.76 bits per heavy atom. The number of nitrogens with zero attached hydrogens (tertiary/aromatic N) is 5. The molecule has 164 valence electrons. The van der Waals surface area contributed by atoms with Crippen molar-refractivity contribution in [2.75, 3.05) is 12.4 Å². The van der Waals surface area contributed by atoms with Crippen LogP contribution < -0.4 is 10.1 Å². The number of para-hydroxylation sites is 1. The summed E-state index contributed by atoms with van der Waals surface area (Å²) in [6.45, 7) is 6.26. The van der Waals surface area contributed by atoms with Crippen LogP contribution in [0, 0.1) is 18.3 Å². The fourth-order valence-corrected chi connectivity index (χ4v) is 3.83. The first-order valence-corrected chi connectivity index (χ1v) is 10.6. The summed E-state index contributed by atoms with van der Waals surface area (Å²) in [5.74, 6) is 2.02. The Balaban J connectivity index is 1.61. The Morgan fingerprint density at radius 1 is 1.15 bits per heavy atom. The molecule has 0 bridgehead atoms. The molecule has 0 amide bonds. The van der Waals surface area contributed by atoms with Gasteiger partial charge in [0.1, 0.15) is 28.4 Å². The first kappa shape index (κ1) is 20.5. The fraction of sp³-hybridized carbons (Fsp3) is 0.200. The van der Waals surface area contributed by atoms with Gasteiger partial charge in [0.15, 0.2) is 17.2 Å². The highest BCUT2D eigenvalue weighted by atomic mass is 16.5. The molecule has 5 rings (SSSR count). The number of anilines is 2. The van der Waals surface area contributed by atoms with Crippen molar-refractivity contribution in [2.45, 2.75) is 26.7 Å². The molecule has 0 spiro atoms. The average Bonchev–Trinajstić information content (AvgIpc) is 3.41. The van der Waals surface area contributed by atoms with Gasteiger partial charge in [-0.1, -0.05) is 32.0 Å². The van der Waals surface area contributed by atoms with E-state index in [1.807, 2.05) is 49.4 Å². The highest BCUT2D eigenvalue weighted by molar-refractivity contribution is 5.88. The second-order valence-electron chi connectivity index (χ2n) is 8.11. The lowest BCUT2D eigenvalue weighted by molar-refractivity contribution is 0.419. The minimum Gasteiger partial charge on any atom is -0.494 e. The van der Waals surface area contributed by atoms with Crippen LogP contribution in [0.2, 0.25) is 0 Å². The van der Waals surface area contributed by atoms with Crippen LogP contribution in [0.5, 0.6) is 5.75 Å². The van der Waals surface area contributed by atoms with Crippen LogP contribution in [-0.4, -0.2) is 26.9 Å². The molecule has 0 saturated heterocycles. The normalized spacial score (nSPS) is 11.3. The van der Waals surface area contributed by atoms with Gasteiger partial charge in [-0.15, -0.1) is 0 Å². The summed E-state index contributed by atoms with van der Waals surface area (Å²) in [6.07, 6.45) is 1.49. The second-order valence-corrected chi connectivity index (χ2v) is 8.11. The summed E-state index contributed by atoms with van der Waals surface area (Å²) in [4.78, 5) is 9.34. The van der Waals surface area contributed by atoms with Gasteiger partial charge in [0.05, 0.1) is 13.3 Å². The molecule has 0 aliphatic heterocycles. The van der Waals surface area contributed by atoms with Gasteiger partial charge in [0.2, 0.25) is 0 Å². The van der Waals surface area contributed by atoms with Crippen molar-refractivity contribution in [3.05, 3.63) is 65.4 Å². The monoisotopic (exact) mass is 438 g/mol. The summed E-state index contributed by atoms with van der Waals surface area (Å²) in [6, 6.07) is 16.1. The third kappa shape index (κ3) is 3.53. The molecule has 0 aliphatic carbocycles. The number of rotatable bonds is 5. The molecule has 8 heteroatoms. The van der Waals surface area contributed by atoms with E-state index in [-0.39, 0.29) is 6.01 Å². The zero-order chi connectivity index (χ0) is 23.1. The maximum atomic E-state index is 9.67. The molecule has 0 atom stereocenters. The highest BCUT2D eigenvalue weighted by Gasteiger charge is 2.18. The van der Waals surface area contributed by atoms with Gasteiger partial charge < -0.3 is 9.15 Å². The quantitative estimate of drug-likeness (QED) is 0.380. The number of methoxy groups -OCH3 is 1. The van der Waals surface area contributed by atoms with E-state index in [1.54, 1.807) is 11.8 Å². The molecule has 3 aromatic heterocycles. The second kappa shape index (κ2) is 7.95. The predicted molar refractivity (Wildman–Crippen MR) is 126 cm³/mol. The van der Waals surface area contributed by atoms with Gasteiger partial charge in [-0.3, -0.25) is 5.32 Å². The van der Waals surface area contributed by atoms with Crippen molar-refractivity contribution in [3.63, 3.8) is 0 Å². The molecule has 2 aromatic carbocycles. The molecule has 33 heavy (non-hydrogen) atoms. The molecule has 0 fully saturated rings. The third-order valence-electron chi connectivity index (χ3n) is 5.63. The van der Waals surface area contributed by atoms with Crippen molar-refractivity contribution >= 4 is 33.8 Å². The molecule has 0 radical (unpaired) electrons. The number of aryl methyl sites for hydroxylation is 1. The Hall–Kier alpha value is -4.38. The minimum absolute atomic E-state index is 0.277. The zero-order valence-electron chi connectivity index (χ0n) is 18.7. The summed E-state index contributed by atoms with van der Waals surface area (Å²) >= 11 is 0. The van der Waals surface area contributed by atoms with Crippen molar-refractivity contribution < 1.29 is 9.15 Å². The highest BCUT2D eigenvalue weighted by Crippen LogP contribution is 2.31. The lowest BCUT2D eigenvalue weighted by Crippen LogP contribution is -2.06. The lowest BCUT2D eigenvalue weighted by atomic mass is 10.0. The van der Waals surface area contributed by atoms with Crippen LogP contribution in [0.25, 0.3) is 27.8 Å². The summed E-state index contributed by atoms with van der Waals surface area (Å²) < 4.78 is 13.0. The predicted octanol–water partition coefficient (Wildman–Crippen LogP) is 5.62. The van der Waals surface area contributed by atoms with Crippen molar-refractivity contribution in [1.82, 2.24) is 19.7 Å². The summed E-state index contributed by atoms with van der Waals surface area (Å²) in [5.41, 5.74) is 4.66. The van der Waals surface area contributed by atoms with Gasteiger partial charge in [0, 0.05) is 5.39 Å². The topological polar surface area (TPSA) is 102 Å². The van der Waals surface area contributed by atoms with Crippen molar-refractivity contribution in [1.29, 1.82) is 5.26 Å². The number of fused-ring (bicyclic) bond motifs is 2. The number of hydrogen-bond donors (Lipinski definition) is 1. The van der Waals surface area contributed by atoms with Crippen LogP contribution >= 0.6 is 0 Å². The number of hydrogen-bond acceptors (Lipinski definition) is 7. The van der Waals surface area contributed by atoms with Crippen LogP contribution in [0.15, 0.2) is 53.1 Å². The maximum absolute atomic E-state index is 9.67. The number of nitriles is 1. The number of ether oxygens (including phenoxy) is 1. The van der Waals surface area contributed by atoms with E-state index in [0.29, 0.717) is 34.4 Å². The maximum Gasteiger partial charge on any atom is 0.301 e. The van der Waals surface area contributed by atoms with Crippen LogP contribution in [0.4, 0.5) is 11.8 Å². The van der Waals surface area contributed by atoms with Gasteiger partial charge in [-0.05, 0) is 48.2 Å². The Kier molecular flexibility index (Phi) is 4.94. The molecule has 1 N–H and O–H groups in total. The van der Waals surface area contributed by atoms with Crippen molar-refractivity contribution in [2.24, 2.45) is 0 Å². The molecule has 0 saturated carbocycles. The zero-order valence-corrected chi connectivity index (χ0v) is 18.7. The van der Waals surface area contributed by atoms with E-state index in [4.69, 9.17) is 14.1 Å². The minimum atomic E-state index is 0.277. The molecular weight excluding hydrogens is 416 g/mol. The number of pyridine rings is 1. The van der Waals surface area contributed by atoms with Gasteiger partial charge in [0.25, 0.3) is 0 Å². The summed E-state index contributed by atoms with van der Waals surface area (Å²) in [5, 5.41) is 18.2. The fourth-order valence-electron chi connectivity index (χ4n) is 3.83. The van der Waals surface area contributed by atoms with E-state index in [1.165, 1.54) is 11.8 Å². The van der Waals surface area contributed by atoms with E-state index >= 15 is 0 Å². The molecule has 5 aromatic rings. The third-order valence-corrected chi connectivity index (χ3v) is 5.63. The average molecular weight is 438 g/mol. The Labute approximate surface area is 190 Å². The van der Waals surface area contributed by atoms with Crippen LogP contribution in [0.3, 0.4) is 0 Å². The molecule has 8 nitrogen and oxygen atoms in total. The number of aromatic nitrogens is 4. The summed E-state index contributed by atoms with van der Waals surface area (Å²) in [7, 11) is 1.62. The van der Waals surface area contributed by atoms with E-state index < -0.39 is 0 Å². The Morgan fingerprint density at radius 2 is 2.00 bits per heavy atom. The van der Waals surface area contributed by atoms with Gasteiger partial charge in [-0.25, -0.2) is 4.98 Å². The van der Waals surface area contributed by atoms with Gasteiger partial charge in [-0.2, -0.15) is 20.0 Å². The number of benzene rings is 2. The molecule has 0 unspecified atom stereocenters. The van der Waals surface area contributed by atoms with Gasteiger partial charge >= 0.3 is 6.01 Å². The lowest BCUT2D eigenvalue weighted by Gasteiger charge is -2.12. The van der Waals surface area contributed by atoms with Crippen LogP contribution in [-0.2, 0) is 0 Å². The molecular formula is C25H22N6O2. The Bertz CT molecular complexity index is 1540.